The first kappa shape index (κ1) is 15.5. The van der Waals surface area contributed by atoms with E-state index in [0.717, 1.165) is 23.0 Å². The molecular weight excluding hydrogens is 307 g/mol. The van der Waals surface area contributed by atoms with Crippen molar-refractivity contribution in [3.8, 4) is 0 Å². The van der Waals surface area contributed by atoms with Crippen molar-refractivity contribution in [3.63, 3.8) is 0 Å². The minimum atomic E-state index is -4.10. The molecule has 1 aromatic rings. The van der Waals surface area contributed by atoms with Crippen LogP contribution in [0.1, 0.15) is 37.8 Å². The molecule has 1 aromatic carbocycles. The third kappa shape index (κ3) is 5.87. The maximum Gasteiger partial charge on any atom is 0.389 e. The second-order valence-electron chi connectivity index (χ2n) is 4.22. The Kier molecular flexibility index (Phi) is 6.15. The first-order chi connectivity index (χ1) is 8.42. The third-order valence-electron chi connectivity index (χ3n) is 2.61. The lowest BCUT2D eigenvalue weighted by molar-refractivity contribution is -0.136. The molecule has 0 aliphatic rings. The van der Waals surface area contributed by atoms with Gasteiger partial charge in [0.1, 0.15) is 0 Å². The van der Waals surface area contributed by atoms with Crippen molar-refractivity contribution in [2.24, 2.45) is 0 Å². The molecule has 0 amide bonds. The zero-order valence-electron chi connectivity index (χ0n) is 10.2. The van der Waals surface area contributed by atoms with Gasteiger partial charge in [-0.15, -0.1) is 0 Å². The van der Waals surface area contributed by atoms with Gasteiger partial charge in [-0.1, -0.05) is 35.0 Å². The summed E-state index contributed by atoms with van der Waals surface area (Å²) in [5.41, 5.74) is 0.891. The van der Waals surface area contributed by atoms with Crippen molar-refractivity contribution in [3.05, 3.63) is 34.3 Å². The van der Waals surface area contributed by atoms with E-state index in [1.54, 1.807) is 0 Å². The molecule has 1 unspecified atom stereocenters. The smallest absolute Gasteiger partial charge is 0.310 e. The van der Waals surface area contributed by atoms with Crippen molar-refractivity contribution in [1.82, 2.24) is 5.32 Å². The van der Waals surface area contributed by atoms with Crippen LogP contribution >= 0.6 is 15.9 Å². The van der Waals surface area contributed by atoms with Gasteiger partial charge in [-0.05, 0) is 37.1 Å². The highest BCUT2D eigenvalue weighted by Crippen LogP contribution is 2.28. The van der Waals surface area contributed by atoms with Crippen molar-refractivity contribution >= 4 is 15.9 Å². The molecule has 0 radical (unpaired) electrons. The minimum Gasteiger partial charge on any atom is -0.310 e. The van der Waals surface area contributed by atoms with Crippen LogP contribution in [0.3, 0.4) is 0 Å². The van der Waals surface area contributed by atoms with Crippen LogP contribution in [0.4, 0.5) is 13.2 Å². The van der Waals surface area contributed by atoms with Crippen LogP contribution in [-0.2, 0) is 0 Å². The van der Waals surface area contributed by atoms with Crippen LogP contribution in [0, 0.1) is 0 Å². The molecular formula is C13H17BrF3N. The lowest BCUT2D eigenvalue weighted by atomic mass is 10.0. The van der Waals surface area contributed by atoms with Gasteiger partial charge in [0.15, 0.2) is 0 Å². The minimum absolute atomic E-state index is 0.0694. The highest BCUT2D eigenvalue weighted by molar-refractivity contribution is 9.10. The Balaban J connectivity index is 2.71. The molecule has 0 aliphatic heterocycles. The SMILES string of the molecule is CCCNC(CCC(F)(F)F)c1cccc(Br)c1. The summed E-state index contributed by atoms with van der Waals surface area (Å²) in [4.78, 5) is 0. The van der Waals surface area contributed by atoms with Gasteiger partial charge in [0.2, 0.25) is 0 Å². The average Bonchev–Trinajstić information content (AvgIpc) is 2.28. The summed E-state index contributed by atoms with van der Waals surface area (Å²) in [6, 6.07) is 7.18. The number of hydrogen-bond donors (Lipinski definition) is 1. The van der Waals surface area contributed by atoms with E-state index < -0.39 is 12.6 Å². The quantitative estimate of drug-likeness (QED) is 0.790. The lowest BCUT2D eigenvalue weighted by Gasteiger charge is -2.20. The van der Waals surface area contributed by atoms with Crippen LogP contribution in [0.15, 0.2) is 28.7 Å². The number of hydrogen-bond acceptors (Lipinski definition) is 1. The fourth-order valence-electron chi connectivity index (χ4n) is 1.74. The molecule has 0 saturated carbocycles. The second kappa shape index (κ2) is 7.14. The molecule has 1 N–H and O–H groups in total. The van der Waals surface area contributed by atoms with Crippen molar-refractivity contribution < 1.29 is 13.2 Å². The molecule has 1 atom stereocenters. The summed E-state index contributed by atoms with van der Waals surface area (Å²) in [7, 11) is 0. The molecule has 0 aliphatic carbocycles. The van der Waals surface area contributed by atoms with Crippen molar-refractivity contribution in [2.75, 3.05) is 6.54 Å². The number of nitrogens with one attached hydrogen (secondary N) is 1. The molecule has 0 saturated heterocycles. The fourth-order valence-corrected chi connectivity index (χ4v) is 2.15. The third-order valence-corrected chi connectivity index (χ3v) is 3.10. The summed E-state index contributed by atoms with van der Waals surface area (Å²) in [6.45, 7) is 2.71. The van der Waals surface area contributed by atoms with Gasteiger partial charge >= 0.3 is 6.18 Å². The Morgan fingerprint density at radius 3 is 2.61 bits per heavy atom. The van der Waals surface area contributed by atoms with Crippen molar-refractivity contribution in [1.29, 1.82) is 0 Å². The van der Waals surface area contributed by atoms with Crippen LogP contribution < -0.4 is 5.32 Å². The van der Waals surface area contributed by atoms with E-state index in [-0.39, 0.29) is 12.5 Å². The van der Waals surface area contributed by atoms with E-state index in [0.29, 0.717) is 0 Å². The van der Waals surface area contributed by atoms with E-state index >= 15 is 0 Å². The number of rotatable bonds is 6. The molecule has 0 spiro atoms. The maximum atomic E-state index is 12.3. The van der Waals surface area contributed by atoms with Gasteiger partial charge in [-0.25, -0.2) is 0 Å². The molecule has 102 valence electrons. The second-order valence-corrected chi connectivity index (χ2v) is 5.13. The summed E-state index contributed by atoms with van der Waals surface area (Å²) in [6.07, 6.45) is -3.89. The largest absolute Gasteiger partial charge is 0.389 e. The topological polar surface area (TPSA) is 12.0 Å². The van der Waals surface area contributed by atoms with Gasteiger partial charge < -0.3 is 5.32 Å². The normalized spacial score (nSPS) is 13.6. The molecule has 0 fully saturated rings. The molecule has 0 heterocycles. The van der Waals surface area contributed by atoms with E-state index in [1.807, 2.05) is 31.2 Å². The average molecular weight is 324 g/mol. The highest BCUT2D eigenvalue weighted by Gasteiger charge is 2.28. The summed E-state index contributed by atoms with van der Waals surface area (Å²) in [5.74, 6) is 0. The Labute approximate surface area is 114 Å². The van der Waals surface area contributed by atoms with Gasteiger partial charge in [-0.2, -0.15) is 13.2 Å². The molecule has 18 heavy (non-hydrogen) atoms. The highest BCUT2D eigenvalue weighted by atomic mass is 79.9. The van der Waals surface area contributed by atoms with Gasteiger partial charge in [0.05, 0.1) is 0 Å². The lowest BCUT2D eigenvalue weighted by Crippen LogP contribution is -2.24. The van der Waals surface area contributed by atoms with Crippen LogP contribution in [0.5, 0.6) is 0 Å². The predicted molar refractivity (Wildman–Crippen MR) is 70.5 cm³/mol. The zero-order valence-corrected chi connectivity index (χ0v) is 11.8. The van der Waals surface area contributed by atoms with Crippen LogP contribution in [-0.4, -0.2) is 12.7 Å². The Bertz CT molecular complexity index is 365. The Morgan fingerprint density at radius 2 is 2.06 bits per heavy atom. The number of halogens is 4. The molecule has 5 heteroatoms. The summed E-state index contributed by atoms with van der Waals surface area (Å²) >= 11 is 3.34. The Hall–Kier alpha value is -0.550. The van der Waals surface area contributed by atoms with E-state index in [2.05, 4.69) is 21.2 Å². The van der Waals surface area contributed by atoms with Gasteiger partial charge in [-0.3, -0.25) is 0 Å². The van der Waals surface area contributed by atoms with Crippen LogP contribution in [0.2, 0.25) is 0 Å². The van der Waals surface area contributed by atoms with Crippen LogP contribution in [0.25, 0.3) is 0 Å². The molecule has 1 rings (SSSR count). The van der Waals surface area contributed by atoms with E-state index in [4.69, 9.17) is 0 Å². The first-order valence-corrected chi connectivity index (χ1v) is 6.77. The molecule has 1 nitrogen and oxygen atoms in total. The van der Waals surface area contributed by atoms with E-state index in [1.165, 1.54) is 0 Å². The zero-order chi connectivity index (χ0) is 13.6. The monoisotopic (exact) mass is 323 g/mol. The van der Waals surface area contributed by atoms with E-state index in [9.17, 15) is 13.2 Å². The fraction of sp³-hybridized carbons (Fsp3) is 0.538. The maximum absolute atomic E-state index is 12.3. The standard InChI is InChI=1S/C13H17BrF3N/c1-2-8-18-12(6-7-13(15,16)17)10-4-3-5-11(14)9-10/h3-5,9,12,18H,2,6-8H2,1H3. The Morgan fingerprint density at radius 1 is 1.33 bits per heavy atom. The predicted octanol–water partition coefficient (Wildman–Crippen LogP) is 4.83. The summed E-state index contributed by atoms with van der Waals surface area (Å²) < 4.78 is 37.8. The van der Waals surface area contributed by atoms with Crippen molar-refractivity contribution in [2.45, 2.75) is 38.4 Å². The van der Waals surface area contributed by atoms with Gasteiger partial charge in [0, 0.05) is 16.9 Å². The molecule has 0 aromatic heterocycles. The first-order valence-electron chi connectivity index (χ1n) is 5.98. The number of alkyl halides is 3. The summed E-state index contributed by atoms with van der Waals surface area (Å²) in [5, 5.41) is 3.16. The molecule has 0 bridgehead atoms. The van der Waals surface area contributed by atoms with Gasteiger partial charge in [0.25, 0.3) is 0 Å². The number of benzene rings is 1.